The molecular weight excluding hydrogens is 216 g/mol. The molecule has 17 heavy (non-hydrogen) atoms. The van der Waals surface area contributed by atoms with Crippen molar-refractivity contribution in [3.05, 3.63) is 12.3 Å². The van der Waals surface area contributed by atoms with Crippen molar-refractivity contribution >= 4 is 11.7 Å². The molecule has 0 bridgehead atoms. The van der Waals surface area contributed by atoms with Crippen LogP contribution in [-0.4, -0.2) is 33.7 Å². The molecule has 0 saturated heterocycles. The summed E-state index contributed by atoms with van der Waals surface area (Å²) in [5, 5.41) is 4.03. The van der Waals surface area contributed by atoms with Crippen LogP contribution in [0.25, 0.3) is 0 Å². The van der Waals surface area contributed by atoms with Gasteiger partial charge in [-0.15, -0.1) is 0 Å². The van der Waals surface area contributed by atoms with Gasteiger partial charge in [0.05, 0.1) is 0 Å². The summed E-state index contributed by atoms with van der Waals surface area (Å²) in [6.45, 7) is 3.98. The van der Waals surface area contributed by atoms with Gasteiger partial charge in [-0.25, -0.2) is 0 Å². The van der Waals surface area contributed by atoms with E-state index in [1.54, 1.807) is 16.9 Å². The Balaban J connectivity index is 1.87. The molecule has 2 rings (SSSR count). The van der Waals surface area contributed by atoms with Gasteiger partial charge in [0.1, 0.15) is 12.4 Å². The lowest BCUT2D eigenvalue weighted by atomic mass is 9.85. The van der Waals surface area contributed by atoms with Crippen LogP contribution in [0.3, 0.4) is 0 Å². The Bertz CT molecular complexity index is 384. The Morgan fingerprint density at radius 3 is 2.88 bits per heavy atom. The lowest BCUT2D eigenvalue weighted by molar-refractivity contribution is -0.132. The van der Waals surface area contributed by atoms with E-state index in [4.69, 9.17) is 5.73 Å². The van der Waals surface area contributed by atoms with Crippen LogP contribution in [-0.2, 0) is 11.3 Å². The highest BCUT2D eigenvalue weighted by Gasteiger charge is 2.22. The van der Waals surface area contributed by atoms with Crippen LogP contribution in [0.2, 0.25) is 0 Å². The minimum atomic E-state index is 0.127. The highest BCUT2D eigenvalue weighted by Crippen LogP contribution is 2.27. The molecule has 0 atom stereocenters. The van der Waals surface area contributed by atoms with Crippen molar-refractivity contribution in [2.45, 2.75) is 32.7 Å². The molecule has 0 spiro atoms. The first-order chi connectivity index (χ1) is 8.19. The van der Waals surface area contributed by atoms with Gasteiger partial charge in [0, 0.05) is 19.3 Å². The van der Waals surface area contributed by atoms with Crippen molar-refractivity contribution in [2.75, 3.05) is 18.8 Å². The van der Waals surface area contributed by atoms with Crippen molar-refractivity contribution in [2.24, 2.45) is 5.92 Å². The van der Waals surface area contributed by atoms with Gasteiger partial charge in [-0.05, 0) is 31.7 Å². The Morgan fingerprint density at radius 1 is 1.65 bits per heavy atom. The fourth-order valence-electron chi connectivity index (χ4n) is 2.10. The van der Waals surface area contributed by atoms with E-state index < -0.39 is 0 Å². The average molecular weight is 236 g/mol. The molecule has 1 aliphatic carbocycles. The molecule has 1 aromatic heterocycles. The van der Waals surface area contributed by atoms with Crippen molar-refractivity contribution < 1.29 is 4.79 Å². The summed E-state index contributed by atoms with van der Waals surface area (Å²) in [6.07, 6.45) is 5.58. The predicted octanol–water partition coefficient (Wildman–Crippen LogP) is 1.11. The van der Waals surface area contributed by atoms with Gasteiger partial charge in [-0.2, -0.15) is 5.10 Å². The molecule has 0 unspecified atom stereocenters. The number of carbonyl (C=O) groups excluding carboxylic acids is 1. The van der Waals surface area contributed by atoms with E-state index in [0.29, 0.717) is 11.7 Å². The number of nitrogens with two attached hydrogens (primary N) is 1. The number of hydrogen-bond donors (Lipinski definition) is 1. The third-order valence-electron chi connectivity index (χ3n) is 3.40. The fraction of sp³-hybridized carbons (Fsp3) is 0.667. The number of nitrogen functional groups attached to an aromatic ring is 1. The van der Waals surface area contributed by atoms with Crippen molar-refractivity contribution in [3.8, 4) is 0 Å². The second-order valence-electron chi connectivity index (χ2n) is 4.67. The molecule has 94 valence electrons. The molecule has 5 heteroatoms. The maximum atomic E-state index is 12.1. The van der Waals surface area contributed by atoms with Gasteiger partial charge in [-0.3, -0.25) is 9.48 Å². The number of anilines is 1. The van der Waals surface area contributed by atoms with E-state index in [-0.39, 0.29) is 12.5 Å². The lowest BCUT2D eigenvalue weighted by Gasteiger charge is -2.31. The van der Waals surface area contributed by atoms with Gasteiger partial charge < -0.3 is 10.6 Å². The first-order valence-corrected chi connectivity index (χ1v) is 6.25. The Hall–Kier alpha value is -1.52. The van der Waals surface area contributed by atoms with Crippen molar-refractivity contribution in [3.63, 3.8) is 0 Å². The number of aromatic nitrogens is 2. The molecule has 0 aliphatic heterocycles. The first kappa shape index (κ1) is 12.0. The van der Waals surface area contributed by atoms with Gasteiger partial charge in [-0.1, -0.05) is 6.42 Å². The van der Waals surface area contributed by atoms with E-state index in [2.05, 4.69) is 5.10 Å². The average Bonchev–Trinajstić information content (AvgIpc) is 2.62. The predicted molar refractivity (Wildman–Crippen MR) is 66.2 cm³/mol. The molecule has 1 saturated carbocycles. The Labute approximate surface area is 102 Å². The summed E-state index contributed by atoms with van der Waals surface area (Å²) in [5.74, 6) is 1.30. The standard InChI is InChI=1S/C12H20N4O/c1-2-15(8-10-4-3-5-10)12(17)9-16-7-6-11(13)14-16/h6-7,10H,2-5,8-9H2,1H3,(H2,13,14). The molecule has 1 fully saturated rings. The molecule has 1 aromatic rings. The number of carbonyl (C=O) groups is 1. The molecule has 1 heterocycles. The number of nitrogens with zero attached hydrogens (tertiary/aromatic N) is 3. The summed E-state index contributed by atoms with van der Waals surface area (Å²) in [7, 11) is 0. The third kappa shape index (κ3) is 2.99. The molecule has 0 aromatic carbocycles. The van der Waals surface area contributed by atoms with Crippen LogP contribution in [0, 0.1) is 5.92 Å². The van der Waals surface area contributed by atoms with Crippen LogP contribution in [0.1, 0.15) is 26.2 Å². The zero-order valence-corrected chi connectivity index (χ0v) is 10.3. The summed E-state index contributed by atoms with van der Waals surface area (Å²) < 4.78 is 1.60. The maximum absolute atomic E-state index is 12.1. The second kappa shape index (κ2) is 5.21. The number of amides is 1. The van der Waals surface area contributed by atoms with E-state index in [9.17, 15) is 4.79 Å². The van der Waals surface area contributed by atoms with Gasteiger partial charge in [0.25, 0.3) is 0 Å². The number of likely N-dealkylation sites (N-methyl/N-ethyl adjacent to an activating group) is 1. The van der Waals surface area contributed by atoms with Crippen molar-refractivity contribution in [1.29, 1.82) is 0 Å². The normalized spacial score (nSPS) is 15.6. The van der Waals surface area contributed by atoms with E-state index in [0.717, 1.165) is 13.1 Å². The monoisotopic (exact) mass is 236 g/mol. The Morgan fingerprint density at radius 2 is 2.41 bits per heavy atom. The van der Waals surface area contributed by atoms with Gasteiger partial charge >= 0.3 is 0 Å². The highest BCUT2D eigenvalue weighted by molar-refractivity contribution is 5.75. The van der Waals surface area contributed by atoms with Crippen LogP contribution in [0.15, 0.2) is 12.3 Å². The SMILES string of the molecule is CCN(CC1CCC1)C(=O)Cn1ccc(N)n1. The van der Waals surface area contributed by atoms with Crippen LogP contribution < -0.4 is 5.73 Å². The quantitative estimate of drug-likeness (QED) is 0.833. The highest BCUT2D eigenvalue weighted by atomic mass is 16.2. The molecule has 0 radical (unpaired) electrons. The minimum absolute atomic E-state index is 0.127. The van der Waals surface area contributed by atoms with Gasteiger partial charge in [0.2, 0.25) is 5.91 Å². The Kier molecular flexibility index (Phi) is 3.66. The summed E-state index contributed by atoms with van der Waals surface area (Å²) in [4.78, 5) is 14.0. The zero-order chi connectivity index (χ0) is 12.3. The molecule has 1 aliphatic rings. The first-order valence-electron chi connectivity index (χ1n) is 6.25. The van der Waals surface area contributed by atoms with E-state index in [1.165, 1.54) is 19.3 Å². The molecular formula is C12H20N4O. The summed E-state index contributed by atoms with van der Waals surface area (Å²) >= 11 is 0. The van der Waals surface area contributed by atoms with Crippen LogP contribution in [0.5, 0.6) is 0 Å². The zero-order valence-electron chi connectivity index (χ0n) is 10.3. The summed E-state index contributed by atoms with van der Waals surface area (Å²) in [5.41, 5.74) is 5.52. The third-order valence-corrected chi connectivity index (χ3v) is 3.40. The topological polar surface area (TPSA) is 64.2 Å². The van der Waals surface area contributed by atoms with Crippen LogP contribution >= 0.6 is 0 Å². The second-order valence-corrected chi connectivity index (χ2v) is 4.67. The molecule has 1 amide bonds. The van der Waals surface area contributed by atoms with Crippen molar-refractivity contribution in [1.82, 2.24) is 14.7 Å². The largest absolute Gasteiger partial charge is 0.382 e. The fourth-order valence-corrected chi connectivity index (χ4v) is 2.10. The van der Waals surface area contributed by atoms with Gasteiger partial charge in [0.15, 0.2) is 0 Å². The molecule has 2 N–H and O–H groups in total. The smallest absolute Gasteiger partial charge is 0.244 e. The summed E-state index contributed by atoms with van der Waals surface area (Å²) in [6, 6.07) is 1.70. The lowest BCUT2D eigenvalue weighted by Crippen LogP contribution is -2.39. The number of rotatable bonds is 5. The van der Waals surface area contributed by atoms with E-state index >= 15 is 0 Å². The number of hydrogen-bond acceptors (Lipinski definition) is 3. The van der Waals surface area contributed by atoms with Crippen LogP contribution in [0.4, 0.5) is 5.82 Å². The molecule has 5 nitrogen and oxygen atoms in total. The maximum Gasteiger partial charge on any atom is 0.244 e. The minimum Gasteiger partial charge on any atom is -0.382 e. The van der Waals surface area contributed by atoms with E-state index in [1.807, 2.05) is 11.8 Å².